The monoisotopic (exact) mass is 189 g/mol. The van der Waals surface area contributed by atoms with Gasteiger partial charge in [0.05, 0.1) is 0 Å². The summed E-state index contributed by atoms with van der Waals surface area (Å²) in [5.41, 5.74) is 0. The van der Waals surface area contributed by atoms with Gasteiger partial charge in [0, 0.05) is 12.5 Å². The van der Waals surface area contributed by atoms with Gasteiger partial charge < -0.3 is 5.32 Å². The molecule has 1 N–H and O–H groups in total. The fraction of sp³-hybridized carbons (Fsp3) is 1.00. The first-order valence-corrected chi connectivity index (χ1v) is 3.34. The Morgan fingerprint density at radius 3 is 2.27 bits per heavy atom. The smallest absolute Gasteiger partial charge is 0.269 e. The summed E-state index contributed by atoms with van der Waals surface area (Å²) in [4.78, 5) is 0. The first-order chi connectivity index (χ1) is 4.72. The van der Waals surface area contributed by atoms with E-state index in [9.17, 15) is 13.2 Å². The standard InChI is InChI=1S/C6H10F3N.ClH/c7-5(6(8)9)4-1-2-10-3-4;/h4-6,10H,1-3H2;1H. The van der Waals surface area contributed by atoms with E-state index in [1.165, 1.54) is 0 Å². The van der Waals surface area contributed by atoms with Gasteiger partial charge in [0.1, 0.15) is 0 Å². The van der Waals surface area contributed by atoms with Crippen LogP contribution in [0.1, 0.15) is 6.42 Å². The van der Waals surface area contributed by atoms with Crippen LogP contribution in [-0.2, 0) is 0 Å². The lowest BCUT2D eigenvalue weighted by molar-refractivity contribution is 0.0209. The van der Waals surface area contributed by atoms with Crippen LogP contribution in [0.15, 0.2) is 0 Å². The number of rotatable bonds is 2. The average Bonchev–Trinajstić information content (AvgIpc) is 2.36. The summed E-state index contributed by atoms with van der Waals surface area (Å²) in [5, 5.41) is 2.83. The highest BCUT2D eigenvalue weighted by Crippen LogP contribution is 2.20. The van der Waals surface area contributed by atoms with E-state index in [1.54, 1.807) is 0 Å². The fourth-order valence-electron chi connectivity index (χ4n) is 1.15. The van der Waals surface area contributed by atoms with E-state index in [0.717, 1.165) is 0 Å². The molecule has 2 atom stereocenters. The number of halogens is 4. The minimum Gasteiger partial charge on any atom is -0.316 e. The van der Waals surface area contributed by atoms with Crippen molar-refractivity contribution < 1.29 is 13.2 Å². The molecule has 0 amide bonds. The Labute approximate surface area is 69.8 Å². The Bertz CT molecular complexity index is 106. The molecule has 1 saturated heterocycles. The first kappa shape index (κ1) is 11.0. The van der Waals surface area contributed by atoms with Crippen molar-refractivity contribution in [1.29, 1.82) is 0 Å². The molecule has 1 fully saturated rings. The molecule has 5 heteroatoms. The highest BCUT2D eigenvalue weighted by Gasteiger charge is 2.31. The molecule has 0 aromatic heterocycles. The van der Waals surface area contributed by atoms with Crippen molar-refractivity contribution in [2.45, 2.75) is 19.0 Å². The van der Waals surface area contributed by atoms with E-state index in [-0.39, 0.29) is 12.4 Å². The quantitative estimate of drug-likeness (QED) is 0.696. The predicted octanol–water partition coefficient (Wildman–Crippen LogP) is 1.62. The molecule has 1 aliphatic rings. The third-order valence-electron chi connectivity index (χ3n) is 1.79. The second-order valence-electron chi connectivity index (χ2n) is 2.53. The summed E-state index contributed by atoms with van der Waals surface area (Å²) >= 11 is 0. The van der Waals surface area contributed by atoms with Crippen molar-refractivity contribution in [3.63, 3.8) is 0 Å². The summed E-state index contributed by atoms with van der Waals surface area (Å²) in [6, 6.07) is 0. The van der Waals surface area contributed by atoms with Gasteiger partial charge in [-0.1, -0.05) is 0 Å². The predicted molar refractivity (Wildman–Crippen MR) is 39.1 cm³/mol. The molecule has 0 aromatic carbocycles. The lowest BCUT2D eigenvalue weighted by Gasteiger charge is -2.12. The molecule has 0 bridgehead atoms. The van der Waals surface area contributed by atoms with Gasteiger partial charge in [0.15, 0.2) is 6.17 Å². The van der Waals surface area contributed by atoms with Crippen LogP contribution in [0.2, 0.25) is 0 Å². The highest BCUT2D eigenvalue weighted by atomic mass is 35.5. The molecule has 2 unspecified atom stereocenters. The van der Waals surface area contributed by atoms with Crippen molar-refractivity contribution >= 4 is 12.4 Å². The van der Waals surface area contributed by atoms with Crippen molar-refractivity contribution in [2.75, 3.05) is 13.1 Å². The molecule has 11 heavy (non-hydrogen) atoms. The molecule has 1 aliphatic heterocycles. The molecule has 0 saturated carbocycles. The SMILES string of the molecule is Cl.FC(F)C(F)C1CCNC1. The lowest BCUT2D eigenvalue weighted by atomic mass is 10.0. The summed E-state index contributed by atoms with van der Waals surface area (Å²) in [6.07, 6.45) is -4.22. The number of nitrogens with one attached hydrogen (secondary N) is 1. The average molecular weight is 190 g/mol. The van der Waals surface area contributed by atoms with E-state index in [2.05, 4.69) is 5.32 Å². The molecule has 1 nitrogen and oxygen atoms in total. The largest absolute Gasteiger partial charge is 0.316 e. The van der Waals surface area contributed by atoms with Gasteiger partial charge in [0.25, 0.3) is 6.43 Å². The number of alkyl halides is 3. The van der Waals surface area contributed by atoms with Crippen molar-refractivity contribution in [1.82, 2.24) is 5.32 Å². The lowest BCUT2D eigenvalue weighted by Crippen LogP contribution is -2.25. The summed E-state index contributed by atoms with van der Waals surface area (Å²) in [5.74, 6) is -0.472. The van der Waals surface area contributed by atoms with Crippen LogP contribution in [0.25, 0.3) is 0 Å². The normalized spacial score (nSPS) is 26.7. The van der Waals surface area contributed by atoms with Crippen LogP contribution in [0.4, 0.5) is 13.2 Å². The molecule has 1 heterocycles. The van der Waals surface area contributed by atoms with Crippen LogP contribution in [0.5, 0.6) is 0 Å². The van der Waals surface area contributed by atoms with Gasteiger partial charge in [-0.05, 0) is 13.0 Å². The zero-order chi connectivity index (χ0) is 7.56. The molecular formula is C6H11ClF3N. The molecule has 0 aromatic rings. The van der Waals surface area contributed by atoms with Crippen LogP contribution in [-0.4, -0.2) is 25.7 Å². The third kappa shape index (κ3) is 2.87. The van der Waals surface area contributed by atoms with Gasteiger partial charge >= 0.3 is 0 Å². The van der Waals surface area contributed by atoms with Crippen LogP contribution < -0.4 is 5.32 Å². The topological polar surface area (TPSA) is 12.0 Å². The zero-order valence-corrected chi connectivity index (χ0v) is 6.71. The minimum atomic E-state index is -2.81. The van der Waals surface area contributed by atoms with E-state index in [4.69, 9.17) is 0 Å². The Balaban J connectivity index is 0.000001000. The van der Waals surface area contributed by atoms with E-state index >= 15 is 0 Å². The Hall–Kier alpha value is 0.0400. The van der Waals surface area contributed by atoms with Crippen LogP contribution in [0.3, 0.4) is 0 Å². The van der Waals surface area contributed by atoms with Gasteiger partial charge in [-0.3, -0.25) is 0 Å². The van der Waals surface area contributed by atoms with Crippen LogP contribution in [0, 0.1) is 5.92 Å². The highest BCUT2D eigenvalue weighted by molar-refractivity contribution is 5.85. The minimum absolute atomic E-state index is 0. The number of hydrogen-bond acceptors (Lipinski definition) is 1. The van der Waals surface area contributed by atoms with E-state index < -0.39 is 18.5 Å². The molecular weight excluding hydrogens is 179 g/mol. The molecule has 68 valence electrons. The summed E-state index contributed by atoms with van der Waals surface area (Å²) in [6.45, 7) is 1.06. The summed E-state index contributed by atoms with van der Waals surface area (Å²) < 4.78 is 35.8. The maximum Gasteiger partial charge on any atom is 0.269 e. The third-order valence-corrected chi connectivity index (χ3v) is 1.79. The molecule has 0 radical (unpaired) electrons. The van der Waals surface area contributed by atoms with Crippen LogP contribution >= 0.6 is 12.4 Å². The maximum atomic E-state index is 12.4. The maximum absolute atomic E-state index is 12.4. The van der Waals surface area contributed by atoms with Crippen molar-refractivity contribution in [2.24, 2.45) is 5.92 Å². The molecule has 0 spiro atoms. The van der Waals surface area contributed by atoms with Crippen molar-refractivity contribution in [3.8, 4) is 0 Å². The van der Waals surface area contributed by atoms with Gasteiger partial charge in [-0.2, -0.15) is 0 Å². The Morgan fingerprint density at radius 2 is 1.91 bits per heavy atom. The summed E-state index contributed by atoms with van der Waals surface area (Å²) in [7, 11) is 0. The van der Waals surface area contributed by atoms with E-state index in [0.29, 0.717) is 19.5 Å². The van der Waals surface area contributed by atoms with Gasteiger partial charge in [-0.15, -0.1) is 12.4 Å². The fourth-order valence-corrected chi connectivity index (χ4v) is 1.15. The molecule has 0 aliphatic carbocycles. The first-order valence-electron chi connectivity index (χ1n) is 3.34. The molecule has 1 rings (SSSR count). The van der Waals surface area contributed by atoms with Gasteiger partial charge in [0.2, 0.25) is 0 Å². The number of hydrogen-bond donors (Lipinski definition) is 1. The Kier molecular flexibility index (Phi) is 4.84. The van der Waals surface area contributed by atoms with Gasteiger partial charge in [-0.25, -0.2) is 13.2 Å². The second kappa shape index (κ2) is 4.83. The van der Waals surface area contributed by atoms with Crippen molar-refractivity contribution in [3.05, 3.63) is 0 Å². The Morgan fingerprint density at radius 1 is 1.27 bits per heavy atom. The second-order valence-corrected chi connectivity index (χ2v) is 2.53. The zero-order valence-electron chi connectivity index (χ0n) is 5.90. The van der Waals surface area contributed by atoms with E-state index in [1.807, 2.05) is 0 Å².